The Bertz CT molecular complexity index is 638. The Labute approximate surface area is 158 Å². The molecule has 0 bridgehead atoms. The van der Waals surface area contributed by atoms with Gasteiger partial charge in [0.1, 0.15) is 0 Å². The second kappa shape index (κ2) is 9.28. The predicted molar refractivity (Wildman–Crippen MR) is 110 cm³/mol. The van der Waals surface area contributed by atoms with Crippen molar-refractivity contribution in [2.24, 2.45) is 0 Å². The molecule has 2 aromatic rings. The molecule has 0 aliphatic heterocycles. The quantitative estimate of drug-likeness (QED) is 0.427. The fourth-order valence-corrected chi connectivity index (χ4v) is 7.94. The molecule has 0 aliphatic carbocycles. The van der Waals surface area contributed by atoms with Gasteiger partial charge in [-0.2, -0.15) is 0 Å². The van der Waals surface area contributed by atoms with Gasteiger partial charge in [-0.1, -0.05) is 93.6 Å². The maximum absolute atomic E-state index is 9.43. The zero-order valence-electron chi connectivity index (χ0n) is 15.9. The van der Waals surface area contributed by atoms with Gasteiger partial charge in [-0.3, -0.25) is 0 Å². The van der Waals surface area contributed by atoms with Gasteiger partial charge in [0.15, 0.2) is 0 Å². The molecule has 0 amide bonds. The number of aliphatic hydroxyl groups excluding tert-OH is 2. The molecule has 0 unspecified atom stereocenters. The Balaban J connectivity index is 2.36. The van der Waals surface area contributed by atoms with Gasteiger partial charge in [0.2, 0.25) is 0 Å². The highest BCUT2D eigenvalue weighted by Crippen LogP contribution is 2.36. The van der Waals surface area contributed by atoms with E-state index in [1.54, 1.807) is 6.08 Å². The van der Waals surface area contributed by atoms with E-state index in [4.69, 9.17) is 9.53 Å². The molecule has 0 heterocycles. The number of hydrogen-bond acceptors (Lipinski definition) is 3. The molecule has 26 heavy (non-hydrogen) atoms. The van der Waals surface area contributed by atoms with Gasteiger partial charge in [0, 0.05) is 6.61 Å². The third-order valence-corrected chi connectivity index (χ3v) is 9.61. The maximum Gasteiger partial charge on any atom is 0.261 e. The number of hydrogen-bond donors (Lipinski definition) is 2. The Morgan fingerprint density at radius 3 is 1.88 bits per heavy atom. The van der Waals surface area contributed by atoms with Crippen molar-refractivity contribution in [3.63, 3.8) is 0 Å². The largest absolute Gasteiger partial charge is 0.407 e. The molecule has 0 aromatic heterocycles. The molecule has 2 aromatic carbocycles. The maximum atomic E-state index is 9.43. The van der Waals surface area contributed by atoms with Crippen molar-refractivity contribution in [3.05, 3.63) is 72.8 Å². The summed E-state index contributed by atoms with van der Waals surface area (Å²) in [6.45, 7) is 7.08. The lowest BCUT2D eigenvalue weighted by Crippen LogP contribution is -2.66. The van der Waals surface area contributed by atoms with Crippen LogP contribution < -0.4 is 10.4 Å². The van der Waals surface area contributed by atoms with Crippen molar-refractivity contribution in [1.82, 2.24) is 0 Å². The lowest BCUT2D eigenvalue weighted by atomic mass is 10.2. The third-order valence-electron chi connectivity index (χ3n) is 4.57. The predicted octanol–water partition coefficient (Wildman–Crippen LogP) is 2.86. The highest BCUT2D eigenvalue weighted by molar-refractivity contribution is 6.99. The molecule has 1 atom stereocenters. The van der Waals surface area contributed by atoms with Crippen LogP contribution in [0, 0.1) is 0 Å². The Morgan fingerprint density at radius 1 is 0.962 bits per heavy atom. The lowest BCUT2D eigenvalue weighted by Gasteiger charge is -2.43. The molecular formula is C22H30O3Si. The summed E-state index contributed by atoms with van der Waals surface area (Å²) in [5, 5.41) is 20.8. The molecule has 140 valence electrons. The van der Waals surface area contributed by atoms with Gasteiger partial charge in [0.05, 0.1) is 12.7 Å². The molecule has 4 heteroatoms. The van der Waals surface area contributed by atoms with E-state index in [9.17, 15) is 5.11 Å². The summed E-state index contributed by atoms with van der Waals surface area (Å²) < 4.78 is 6.73. The first kappa shape index (κ1) is 20.6. The molecule has 0 saturated heterocycles. The molecule has 0 fully saturated rings. The van der Waals surface area contributed by atoms with E-state index in [1.165, 1.54) is 10.4 Å². The molecule has 0 radical (unpaired) electrons. The van der Waals surface area contributed by atoms with Gasteiger partial charge in [-0.25, -0.2) is 0 Å². The number of benzene rings is 2. The second-order valence-electron chi connectivity index (χ2n) is 7.48. The van der Waals surface area contributed by atoms with Gasteiger partial charge in [-0.05, 0) is 21.8 Å². The Kier molecular flexibility index (Phi) is 7.35. The third kappa shape index (κ3) is 4.71. The van der Waals surface area contributed by atoms with Crippen molar-refractivity contribution in [2.45, 2.75) is 38.3 Å². The minimum absolute atomic E-state index is 0.0377. The summed E-state index contributed by atoms with van der Waals surface area (Å²) in [5.41, 5.74) is 0. The summed E-state index contributed by atoms with van der Waals surface area (Å²) >= 11 is 0. The molecule has 2 N–H and O–H groups in total. The zero-order chi connectivity index (χ0) is 19.0. The minimum Gasteiger partial charge on any atom is -0.407 e. The summed E-state index contributed by atoms with van der Waals surface area (Å²) in [7, 11) is -2.48. The SMILES string of the molecule is CC(C)(C)[Si](OCC/C=C\[C@H](O)CO)(c1ccccc1)c1ccccc1. The molecule has 0 aliphatic rings. The van der Waals surface area contributed by atoms with Crippen LogP contribution >= 0.6 is 0 Å². The van der Waals surface area contributed by atoms with Gasteiger partial charge < -0.3 is 14.6 Å². The van der Waals surface area contributed by atoms with Crippen LogP contribution in [-0.4, -0.2) is 37.8 Å². The Morgan fingerprint density at radius 2 is 1.46 bits per heavy atom. The van der Waals surface area contributed by atoms with Crippen LogP contribution in [-0.2, 0) is 4.43 Å². The minimum atomic E-state index is -2.48. The first-order valence-electron chi connectivity index (χ1n) is 9.12. The van der Waals surface area contributed by atoms with Gasteiger partial charge in [0.25, 0.3) is 8.32 Å². The van der Waals surface area contributed by atoms with E-state index in [1.807, 2.05) is 18.2 Å². The summed E-state index contributed by atoms with van der Waals surface area (Å²) in [6, 6.07) is 21.1. The standard InChI is InChI=1S/C22H30O3Si/c1-22(2,3)26(20-13-6-4-7-14-20,21-15-8-5-9-16-21)25-17-11-10-12-19(24)18-23/h4-10,12-16,19,23-24H,11,17-18H2,1-3H3/b12-10-/t19-/m0/s1. The molecule has 0 spiro atoms. The summed E-state index contributed by atoms with van der Waals surface area (Å²) in [6.07, 6.45) is 3.39. The fourth-order valence-electron chi connectivity index (χ4n) is 3.36. The van der Waals surface area contributed by atoms with E-state index in [2.05, 4.69) is 69.3 Å². The highest BCUT2D eigenvalue weighted by Gasteiger charge is 2.49. The summed E-state index contributed by atoms with van der Waals surface area (Å²) in [4.78, 5) is 0. The van der Waals surface area contributed by atoms with Crippen LogP contribution in [0.15, 0.2) is 72.8 Å². The fraction of sp³-hybridized carbons (Fsp3) is 0.364. The van der Waals surface area contributed by atoms with Crippen molar-refractivity contribution in [2.75, 3.05) is 13.2 Å². The first-order chi connectivity index (χ1) is 12.4. The van der Waals surface area contributed by atoms with Crippen LogP contribution in [0.5, 0.6) is 0 Å². The highest BCUT2D eigenvalue weighted by atomic mass is 28.4. The monoisotopic (exact) mass is 370 g/mol. The van der Waals surface area contributed by atoms with E-state index >= 15 is 0 Å². The molecule has 2 rings (SSSR count). The van der Waals surface area contributed by atoms with E-state index in [-0.39, 0.29) is 11.6 Å². The van der Waals surface area contributed by atoms with Crippen molar-refractivity contribution in [3.8, 4) is 0 Å². The van der Waals surface area contributed by atoms with Crippen LogP contribution in [0.4, 0.5) is 0 Å². The first-order valence-corrected chi connectivity index (χ1v) is 11.0. The summed E-state index contributed by atoms with van der Waals surface area (Å²) in [5.74, 6) is 0. The lowest BCUT2D eigenvalue weighted by molar-refractivity contribution is 0.131. The smallest absolute Gasteiger partial charge is 0.261 e. The molecule has 3 nitrogen and oxygen atoms in total. The molecule has 0 saturated carbocycles. The average molecular weight is 371 g/mol. The van der Waals surface area contributed by atoms with Crippen LogP contribution in [0.25, 0.3) is 0 Å². The van der Waals surface area contributed by atoms with E-state index < -0.39 is 14.4 Å². The van der Waals surface area contributed by atoms with Crippen molar-refractivity contribution in [1.29, 1.82) is 0 Å². The van der Waals surface area contributed by atoms with Crippen LogP contribution in [0.1, 0.15) is 27.2 Å². The van der Waals surface area contributed by atoms with Gasteiger partial charge in [-0.15, -0.1) is 0 Å². The van der Waals surface area contributed by atoms with Crippen LogP contribution in [0.3, 0.4) is 0 Å². The normalized spacial score (nSPS) is 13.9. The number of aliphatic hydroxyl groups is 2. The zero-order valence-corrected chi connectivity index (χ0v) is 16.9. The van der Waals surface area contributed by atoms with Crippen LogP contribution in [0.2, 0.25) is 5.04 Å². The van der Waals surface area contributed by atoms with E-state index in [0.717, 1.165) is 0 Å². The number of rotatable bonds is 8. The second-order valence-corrected chi connectivity index (χ2v) is 11.8. The Hall–Kier alpha value is -1.72. The van der Waals surface area contributed by atoms with Crippen molar-refractivity contribution >= 4 is 18.7 Å². The van der Waals surface area contributed by atoms with Crippen molar-refractivity contribution < 1.29 is 14.6 Å². The average Bonchev–Trinajstić information content (AvgIpc) is 2.65. The molecular weight excluding hydrogens is 340 g/mol. The topological polar surface area (TPSA) is 49.7 Å². The van der Waals surface area contributed by atoms with Gasteiger partial charge >= 0.3 is 0 Å². The van der Waals surface area contributed by atoms with E-state index in [0.29, 0.717) is 13.0 Å².